The van der Waals surface area contributed by atoms with Crippen LogP contribution in [0.4, 0.5) is 4.39 Å². The quantitative estimate of drug-likeness (QED) is 0.739. The Bertz CT molecular complexity index is 402. The van der Waals surface area contributed by atoms with Crippen LogP contribution >= 0.6 is 0 Å². The molecule has 0 spiro atoms. The lowest BCUT2D eigenvalue weighted by Crippen LogP contribution is -2.38. The standard InChI is InChI=1S/C13H17FN2O/c1-16(10-6-3-2-4-7-10)13(17)11-8-5-9-15-12(11)14/h5,8-10H,2-4,6-7H2,1H3. The van der Waals surface area contributed by atoms with Crippen molar-refractivity contribution in [1.29, 1.82) is 0 Å². The van der Waals surface area contributed by atoms with Crippen molar-refractivity contribution in [2.45, 2.75) is 38.1 Å². The Labute approximate surface area is 101 Å². The first-order chi connectivity index (χ1) is 8.20. The molecule has 4 heteroatoms. The topological polar surface area (TPSA) is 33.2 Å². The maximum absolute atomic E-state index is 13.4. The number of amides is 1. The molecule has 1 aliphatic rings. The first-order valence-electron chi connectivity index (χ1n) is 6.08. The van der Waals surface area contributed by atoms with Gasteiger partial charge in [-0.15, -0.1) is 0 Å². The van der Waals surface area contributed by atoms with Gasteiger partial charge in [0.2, 0.25) is 5.95 Å². The van der Waals surface area contributed by atoms with Crippen molar-refractivity contribution in [2.75, 3.05) is 7.05 Å². The summed E-state index contributed by atoms with van der Waals surface area (Å²) in [4.78, 5) is 17.3. The lowest BCUT2D eigenvalue weighted by atomic mass is 9.94. The zero-order chi connectivity index (χ0) is 12.3. The van der Waals surface area contributed by atoms with Gasteiger partial charge < -0.3 is 4.90 Å². The summed E-state index contributed by atoms with van der Waals surface area (Å²) in [5, 5.41) is 0. The molecule has 1 aromatic heterocycles. The summed E-state index contributed by atoms with van der Waals surface area (Å²) in [6.45, 7) is 0. The summed E-state index contributed by atoms with van der Waals surface area (Å²) < 4.78 is 13.4. The predicted octanol–water partition coefficient (Wildman–Crippen LogP) is 2.63. The monoisotopic (exact) mass is 236 g/mol. The maximum atomic E-state index is 13.4. The fourth-order valence-electron chi connectivity index (χ4n) is 2.37. The van der Waals surface area contributed by atoms with Crippen LogP contribution in [0.15, 0.2) is 18.3 Å². The number of hydrogen-bond donors (Lipinski definition) is 0. The van der Waals surface area contributed by atoms with Gasteiger partial charge in [0.15, 0.2) is 0 Å². The van der Waals surface area contributed by atoms with E-state index in [-0.39, 0.29) is 17.5 Å². The Balaban J connectivity index is 2.11. The molecule has 0 N–H and O–H groups in total. The molecule has 0 aromatic carbocycles. The average Bonchev–Trinajstić information content (AvgIpc) is 2.39. The van der Waals surface area contributed by atoms with Gasteiger partial charge in [-0.1, -0.05) is 19.3 Å². The third kappa shape index (κ3) is 2.62. The number of carbonyl (C=O) groups is 1. The van der Waals surface area contributed by atoms with Crippen LogP contribution < -0.4 is 0 Å². The molecule has 0 atom stereocenters. The summed E-state index contributed by atoms with van der Waals surface area (Å²) in [5.74, 6) is -0.942. The van der Waals surface area contributed by atoms with Gasteiger partial charge in [-0.05, 0) is 25.0 Å². The lowest BCUT2D eigenvalue weighted by molar-refractivity contribution is 0.0690. The molecule has 92 valence electrons. The number of rotatable bonds is 2. The first kappa shape index (κ1) is 12.0. The van der Waals surface area contributed by atoms with Crippen molar-refractivity contribution in [3.05, 3.63) is 29.8 Å². The minimum atomic E-state index is -0.680. The van der Waals surface area contributed by atoms with Gasteiger partial charge in [0.05, 0.1) is 5.56 Å². The van der Waals surface area contributed by atoms with Crippen LogP contribution in [-0.4, -0.2) is 28.9 Å². The van der Waals surface area contributed by atoms with Crippen molar-refractivity contribution < 1.29 is 9.18 Å². The van der Waals surface area contributed by atoms with Crippen LogP contribution in [0.5, 0.6) is 0 Å². The number of carbonyl (C=O) groups excluding carboxylic acids is 1. The van der Waals surface area contributed by atoms with Gasteiger partial charge in [-0.3, -0.25) is 4.79 Å². The molecule has 0 unspecified atom stereocenters. The van der Waals surface area contributed by atoms with Crippen LogP contribution in [0.2, 0.25) is 0 Å². The molecule has 0 radical (unpaired) electrons. The first-order valence-corrected chi connectivity index (χ1v) is 6.08. The molecule has 1 heterocycles. The minimum absolute atomic E-state index is 0.0700. The van der Waals surface area contributed by atoms with E-state index in [0.717, 1.165) is 25.7 Å². The van der Waals surface area contributed by atoms with Crippen LogP contribution in [0, 0.1) is 5.95 Å². The summed E-state index contributed by atoms with van der Waals surface area (Å²) in [6.07, 6.45) is 6.93. The van der Waals surface area contributed by atoms with Gasteiger partial charge in [0.25, 0.3) is 5.91 Å². The third-order valence-corrected chi connectivity index (χ3v) is 3.43. The van der Waals surface area contributed by atoms with E-state index >= 15 is 0 Å². The zero-order valence-electron chi connectivity index (χ0n) is 10.0. The third-order valence-electron chi connectivity index (χ3n) is 3.43. The number of aromatic nitrogens is 1. The largest absolute Gasteiger partial charge is 0.339 e. The van der Waals surface area contributed by atoms with E-state index in [1.165, 1.54) is 18.7 Å². The van der Waals surface area contributed by atoms with E-state index in [0.29, 0.717) is 0 Å². The lowest BCUT2D eigenvalue weighted by Gasteiger charge is -2.31. The van der Waals surface area contributed by atoms with Gasteiger partial charge >= 0.3 is 0 Å². The highest BCUT2D eigenvalue weighted by Gasteiger charge is 2.24. The van der Waals surface area contributed by atoms with Crippen LogP contribution in [-0.2, 0) is 0 Å². The molecule has 2 rings (SSSR count). The smallest absolute Gasteiger partial charge is 0.258 e. The Morgan fingerprint density at radius 1 is 1.41 bits per heavy atom. The molecule has 1 aliphatic carbocycles. The van der Waals surface area contributed by atoms with Gasteiger partial charge in [-0.25, -0.2) is 4.98 Å². The van der Waals surface area contributed by atoms with E-state index in [4.69, 9.17) is 0 Å². The molecule has 0 bridgehead atoms. The fraction of sp³-hybridized carbons (Fsp3) is 0.538. The number of nitrogens with zero attached hydrogens (tertiary/aromatic N) is 2. The molecule has 1 saturated carbocycles. The molecule has 1 fully saturated rings. The molecule has 1 aromatic rings. The molecule has 17 heavy (non-hydrogen) atoms. The Hall–Kier alpha value is -1.45. The minimum Gasteiger partial charge on any atom is -0.339 e. The fourth-order valence-corrected chi connectivity index (χ4v) is 2.37. The van der Waals surface area contributed by atoms with Gasteiger partial charge in [0.1, 0.15) is 0 Å². The molecular weight excluding hydrogens is 219 g/mol. The normalized spacial score (nSPS) is 16.8. The summed E-state index contributed by atoms with van der Waals surface area (Å²) in [7, 11) is 1.75. The predicted molar refractivity (Wildman–Crippen MR) is 63.2 cm³/mol. The Morgan fingerprint density at radius 3 is 2.76 bits per heavy atom. The molecule has 0 aliphatic heterocycles. The highest BCUT2D eigenvalue weighted by molar-refractivity contribution is 5.94. The molecule has 1 amide bonds. The Morgan fingerprint density at radius 2 is 2.12 bits per heavy atom. The van der Waals surface area contributed by atoms with Crippen LogP contribution in [0.1, 0.15) is 42.5 Å². The van der Waals surface area contributed by atoms with Gasteiger partial charge in [0, 0.05) is 19.3 Å². The SMILES string of the molecule is CN(C(=O)c1cccnc1F)C1CCCCC1. The second-order valence-corrected chi connectivity index (χ2v) is 4.55. The maximum Gasteiger partial charge on any atom is 0.258 e. The van der Waals surface area contributed by atoms with Crippen molar-refractivity contribution in [2.24, 2.45) is 0 Å². The van der Waals surface area contributed by atoms with Crippen LogP contribution in [0.25, 0.3) is 0 Å². The van der Waals surface area contributed by atoms with Crippen molar-refractivity contribution in [1.82, 2.24) is 9.88 Å². The van der Waals surface area contributed by atoms with Crippen molar-refractivity contribution in [3.63, 3.8) is 0 Å². The van der Waals surface area contributed by atoms with Crippen molar-refractivity contribution >= 4 is 5.91 Å². The number of hydrogen-bond acceptors (Lipinski definition) is 2. The molecule has 3 nitrogen and oxygen atoms in total. The second-order valence-electron chi connectivity index (χ2n) is 4.55. The Kier molecular flexibility index (Phi) is 3.71. The summed E-state index contributed by atoms with van der Waals surface area (Å²) >= 11 is 0. The zero-order valence-corrected chi connectivity index (χ0v) is 10.0. The second kappa shape index (κ2) is 5.25. The number of halogens is 1. The highest BCUT2D eigenvalue weighted by atomic mass is 19.1. The van der Waals surface area contributed by atoms with Crippen LogP contribution in [0.3, 0.4) is 0 Å². The summed E-state index contributed by atoms with van der Waals surface area (Å²) in [6, 6.07) is 3.32. The van der Waals surface area contributed by atoms with E-state index < -0.39 is 5.95 Å². The van der Waals surface area contributed by atoms with E-state index in [1.54, 1.807) is 18.0 Å². The highest BCUT2D eigenvalue weighted by Crippen LogP contribution is 2.23. The van der Waals surface area contributed by atoms with E-state index in [2.05, 4.69) is 4.98 Å². The molecule has 0 saturated heterocycles. The number of pyridine rings is 1. The van der Waals surface area contributed by atoms with E-state index in [9.17, 15) is 9.18 Å². The van der Waals surface area contributed by atoms with Gasteiger partial charge in [-0.2, -0.15) is 4.39 Å². The average molecular weight is 236 g/mol. The molecular formula is C13H17FN2O. The van der Waals surface area contributed by atoms with E-state index in [1.807, 2.05) is 0 Å². The van der Waals surface area contributed by atoms with Crippen molar-refractivity contribution in [3.8, 4) is 0 Å². The summed E-state index contributed by atoms with van der Waals surface area (Å²) in [5.41, 5.74) is 0.0700.